The number of halogens is 3. The fraction of sp³-hybridized carbons (Fsp3) is 0.500. The van der Waals surface area contributed by atoms with Crippen LogP contribution in [-0.2, 0) is 0 Å². The Hall–Kier alpha value is -1.04. The topological polar surface area (TPSA) is 30.7 Å². The van der Waals surface area contributed by atoms with E-state index >= 15 is 0 Å². The van der Waals surface area contributed by atoms with Gasteiger partial charge in [0.15, 0.2) is 11.6 Å². The van der Waals surface area contributed by atoms with Crippen LogP contribution in [0.5, 0.6) is 0 Å². The molecule has 2 aromatic rings. The van der Waals surface area contributed by atoms with Crippen molar-refractivity contribution in [2.45, 2.75) is 38.1 Å². The van der Waals surface area contributed by atoms with E-state index in [-0.39, 0.29) is 16.0 Å². The Kier molecular flexibility index (Phi) is 3.05. The molecular formula is C12H12BrF2N3. The predicted molar refractivity (Wildman–Crippen MR) is 67.3 cm³/mol. The summed E-state index contributed by atoms with van der Waals surface area (Å²) in [6, 6.07) is 1.61. The quantitative estimate of drug-likeness (QED) is 0.745. The highest BCUT2D eigenvalue weighted by Crippen LogP contribution is 2.32. The van der Waals surface area contributed by atoms with Gasteiger partial charge in [0.05, 0.1) is 10.5 Å². The lowest BCUT2D eigenvalue weighted by Gasteiger charge is -2.22. The zero-order valence-corrected chi connectivity index (χ0v) is 11.3. The summed E-state index contributed by atoms with van der Waals surface area (Å²) in [6.45, 7) is 0. The molecule has 1 aromatic carbocycles. The SMILES string of the molecule is Fc1c(Br)cc2nnn(C3CCCCC3)c2c1F. The molecule has 0 amide bonds. The normalized spacial score (nSPS) is 17.5. The Morgan fingerprint density at radius 2 is 1.89 bits per heavy atom. The number of fused-ring (bicyclic) bond motifs is 1. The number of nitrogens with zero attached hydrogens (tertiary/aromatic N) is 3. The molecule has 3 nitrogen and oxygen atoms in total. The van der Waals surface area contributed by atoms with Crippen molar-refractivity contribution in [1.82, 2.24) is 15.0 Å². The summed E-state index contributed by atoms with van der Waals surface area (Å²) in [5.41, 5.74) is 0.578. The molecule has 96 valence electrons. The fourth-order valence-corrected chi connectivity index (χ4v) is 2.98. The molecule has 1 saturated carbocycles. The van der Waals surface area contributed by atoms with Crippen molar-refractivity contribution in [3.05, 3.63) is 22.2 Å². The minimum Gasteiger partial charge on any atom is -0.238 e. The van der Waals surface area contributed by atoms with Crippen molar-refractivity contribution in [3.63, 3.8) is 0 Å². The lowest BCUT2D eigenvalue weighted by Crippen LogP contribution is -2.15. The molecule has 0 unspecified atom stereocenters. The van der Waals surface area contributed by atoms with Crippen LogP contribution < -0.4 is 0 Å². The van der Waals surface area contributed by atoms with Crippen molar-refractivity contribution in [2.75, 3.05) is 0 Å². The predicted octanol–water partition coefficient (Wildman–Crippen LogP) is 3.98. The molecule has 0 saturated heterocycles. The molecule has 6 heteroatoms. The Morgan fingerprint density at radius 1 is 1.17 bits per heavy atom. The van der Waals surface area contributed by atoms with Crippen LogP contribution in [0.2, 0.25) is 0 Å². The first-order valence-electron chi connectivity index (χ1n) is 6.07. The first-order valence-corrected chi connectivity index (χ1v) is 6.86. The van der Waals surface area contributed by atoms with Gasteiger partial charge in [-0.05, 0) is 34.8 Å². The molecule has 0 radical (unpaired) electrons. The summed E-state index contributed by atoms with van der Waals surface area (Å²) in [5.74, 6) is -1.74. The third-order valence-corrected chi connectivity index (χ3v) is 4.09. The second-order valence-corrected chi connectivity index (χ2v) is 5.53. The maximum atomic E-state index is 14.0. The van der Waals surface area contributed by atoms with Crippen molar-refractivity contribution >= 4 is 27.0 Å². The molecule has 0 bridgehead atoms. The molecule has 1 aliphatic rings. The molecule has 3 rings (SSSR count). The summed E-state index contributed by atoms with van der Waals surface area (Å²) in [5, 5.41) is 7.93. The number of rotatable bonds is 1. The first kappa shape index (κ1) is 12.0. The van der Waals surface area contributed by atoms with Gasteiger partial charge in [-0.2, -0.15) is 0 Å². The van der Waals surface area contributed by atoms with E-state index in [1.165, 1.54) is 12.5 Å². The minimum absolute atomic E-state index is 0.0863. The highest BCUT2D eigenvalue weighted by Gasteiger charge is 2.23. The van der Waals surface area contributed by atoms with E-state index in [4.69, 9.17) is 0 Å². The molecule has 1 heterocycles. The molecular weight excluding hydrogens is 304 g/mol. The van der Waals surface area contributed by atoms with Gasteiger partial charge in [-0.15, -0.1) is 5.10 Å². The molecule has 0 atom stereocenters. The van der Waals surface area contributed by atoms with Crippen LogP contribution in [0, 0.1) is 11.6 Å². The van der Waals surface area contributed by atoms with Gasteiger partial charge < -0.3 is 0 Å². The third kappa shape index (κ3) is 1.83. The molecule has 1 aromatic heterocycles. The Morgan fingerprint density at radius 3 is 2.61 bits per heavy atom. The Labute approximate surface area is 111 Å². The molecule has 1 fully saturated rings. The summed E-state index contributed by atoms with van der Waals surface area (Å²) in [7, 11) is 0. The van der Waals surface area contributed by atoms with Crippen LogP contribution >= 0.6 is 15.9 Å². The standard InChI is InChI=1S/C12H12BrF2N3/c13-8-6-9-12(11(15)10(8)14)18(17-16-9)7-4-2-1-3-5-7/h6-7H,1-5H2. The van der Waals surface area contributed by atoms with Gasteiger partial charge in [-0.3, -0.25) is 0 Å². The maximum Gasteiger partial charge on any atom is 0.187 e. The van der Waals surface area contributed by atoms with Gasteiger partial charge in [-0.1, -0.05) is 24.5 Å². The number of aromatic nitrogens is 3. The van der Waals surface area contributed by atoms with E-state index in [1.54, 1.807) is 4.68 Å². The summed E-state index contributed by atoms with van der Waals surface area (Å²) in [6.07, 6.45) is 5.32. The zero-order chi connectivity index (χ0) is 12.7. The van der Waals surface area contributed by atoms with Crippen molar-refractivity contribution in [1.29, 1.82) is 0 Å². The molecule has 0 spiro atoms. The molecule has 0 aliphatic heterocycles. The lowest BCUT2D eigenvalue weighted by atomic mass is 9.95. The monoisotopic (exact) mass is 315 g/mol. The summed E-state index contributed by atoms with van der Waals surface area (Å²) in [4.78, 5) is 0. The van der Waals surface area contributed by atoms with Crippen molar-refractivity contribution < 1.29 is 8.78 Å². The van der Waals surface area contributed by atoms with Gasteiger partial charge in [0.1, 0.15) is 11.0 Å². The first-order chi connectivity index (χ1) is 8.68. The second kappa shape index (κ2) is 4.57. The fourth-order valence-electron chi connectivity index (χ4n) is 2.59. The van der Waals surface area contributed by atoms with E-state index < -0.39 is 11.6 Å². The van der Waals surface area contributed by atoms with Crippen LogP contribution in [0.3, 0.4) is 0 Å². The summed E-state index contributed by atoms with van der Waals surface area (Å²) < 4.78 is 29.2. The third-order valence-electron chi connectivity index (χ3n) is 3.51. The highest BCUT2D eigenvalue weighted by molar-refractivity contribution is 9.10. The van der Waals surface area contributed by atoms with E-state index in [1.807, 2.05) is 0 Å². The van der Waals surface area contributed by atoms with Crippen LogP contribution in [0.1, 0.15) is 38.1 Å². The second-order valence-electron chi connectivity index (χ2n) is 4.68. The number of hydrogen-bond donors (Lipinski definition) is 0. The van der Waals surface area contributed by atoms with Crippen molar-refractivity contribution in [2.24, 2.45) is 0 Å². The number of benzene rings is 1. The van der Waals surface area contributed by atoms with E-state index in [2.05, 4.69) is 26.2 Å². The van der Waals surface area contributed by atoms with Crippen LogP contribution in [-0.4, -0.2) is 15.0 Å². The van der Waals surface area contributed by atoms with Crippen molar-refractivity contribution in [3.8, 4) is 0 Å². The molecule has 1 aliphatic carbocycles. The Bertz CT molecular complexity index is 591. The highest BCUT2D eigenvalue weighted by atomic mass is 79.9. The molecule has 0 N–H and O–H groups in total. The maximum absolute atomic E-state index is 14.0. The Balaban J connectivity index is 2.15. The minimum atomic E-state index is -0.873. The van der Waals surface area contributed by atoms with E-state index in [0.717, 1.165) is 25.7 Å². The lowest BCUT2D eigenvalue weighted by molar-refractivity contribution is 0.329. The zero-order valence-electron chi connectivity index (χ0n) is 9.67. The van der Waals surface area contributed by atoms with E-state index in [9.17, 15) is 8.78 Å². The molecule has 18 heavy (non-hydrogen) atoms. The van der Waals surface area contributed by atoms with Gasteiger partial charge >= 0.3 is 0 Å². The van der Waals surface area contributed by atoms with Crippen LogP contribution in [0.15, 0.2) is 10.5 Å². The average molecular weight is 316 g/mol. The van der Waals surface area contributed by atoms with Crippen LogP contribution in [0.25, 0.3) is 11.0 Å². The van der Waals surface area contributed by atoms with Gasteiger partial charge in [0.25, 0.3) is 0 Å². The van der Waals surface area contributed by atoms with Gasteiger partial charge in [-0.25, -0.2) is 13.5 Å². The van der Waals surface area contributed by atoms with Gasteiger partial charge in [0.2, 0.25) is 0 Å². The van der Waals surface area contributed by atoms with E-state index in [0.29, 0.717) is 5.52 Å². The smallest absolute Gasteiger partial charge is 0.187 e. The summed E-state index contributed by atoms with van der Waals surface area (Å²) >= 11 is 2.98. The number of hydrogen-bond acceptors (Lipinski definition) is 2. The largest absolute Gasteiger partial charge is 0.238 e. The van der Waals surface area contributed by atoms with Gasteiger partial charge in [0, 0.05) is 0 Å². The van der Waals surface area contributed by atoms with Crippen LogP contribution in [0.4, 0.5) is 8.78 Å². The average Bonchev–Trinajstić information content (AvgIpc) is 2.81.